The lowest BCUT2D eigenvalue weighted by Crippen LogP contribution is -2.32. The number of nitrogens with zero attached hydrogens (tertiary/aromatic N) is 2. The molecule has 2 heterocycles. The van der Waals surface area contributed by atoms with E-state index in [1.54, 1.807) is 36.4 Å². The van der Waals surface area contributed by atoms with Gasteiger partial charge in [-0.2, -0.15) is 0 Å². The fourth-order valence-corrected chi connectivity index (χ4v) is 4.35. The number of rotatable bonds is 6. The van der Waals surface area contributed by atoms with Gasteiger partial charge in [-0.3, -0.25) is 9.59 Å². The molecule has 1 amide bonds. The number of benzene rings is 2. The fraction of sp³-hybridized carbons (Fsp3) is 0.333. The minimum Gasteiger partial charge on any atom is -0.507 e. The number of hydrogen-bond acceptors (Lipinski definition) is 6. The number of carbonyl (C=O) groups excluding carboxylic acids is 2. The number of aliphatic hydroxyl groups is 1. The van der Waals surface area contributed by atoms with E-state index in [1.165, 1.54) is 4.90 Å². The van der Waals surface area contributed by atoms with Crippen LogP contribution in [0.3, 0.4) is 0 Å². The maximum Gasteiger partial charge on any atom is 0.295 e. The zero-order chi connectivity index (χ0) is 23.7. The van der Waals surface area contributed by atoms with E-state index in [0.29, 0.717) is 58.9 Å². The quantitative estimate of drug-likeness (QED) is 0.372. The van der Waals surface area contributed by atoms with Crippen molar-refractivity contribution < 1.29 is 24.2 Å². The third-order valence-electron chi connectivity index (χ3n) is 5.62. The Bertz CT molecular complexity index is 1130. The van der Waals surface area contributed by atoms with Gasteiger partial charge in [0.15, 0.2) is 11.5 Å². The van der Waals surface area contributed by atoms with E-state index in [1.807, 2.05) is 19.0 Å². The molecule has 1 saturated heterocycles. The van der Waals surface area contributed by atoms with Crippen LogP contribution < -0.4 is 9.47 Å². The van der Waals surface area contributed by atoms with Gasteiger partial charge < -0.3 is 24.4 Å². The van der Waals surface area contributed by atoms with Crippen LogP contribution in [0.5, 0.6) is 11.5 Å². The summed E-state index contributed by atoms with van der Waals surface area (Å²) in [6, 6.07) is 9.06. The summed E-state index contributed by atoms with van der Waals surface area (Å²) >= 11 is 12.3. The highest BCUT2D eigenvalue weighted by Crippen LogP contribution is 2.42. The van der Waals surface area contributed by atoms with Crippen molar-refractivity contribution >= 4 is 40.7 Å². The van der Waals surface area contributed by atoms with Crippen LogP contribution in [0.25, 0.3) is 5.76 Å². The molecule has 2 aromatic rings. The molecule has 4 rings (SSSR count). The van der Waals surface area contributed by atoms with Gasteiger partial charge in [-0.1, -0.05) is 29.3 Å². The predicted octanol–water partition coefficient (Wildman–Crippen LogP) is 4.14. The first-order chi connectivity index (χ1) is 15.8. The van der Waals surface area contributed by atoms with Crippen LogP contribution in [-0.4, -0.2) is 67.0 Å². The molecule has 0 saturated carbocycles. The summed E-state index contributed by atoms with van der Waals surface area (Å²) in [5.41, 5.74) is 0.947. The summed E-state index contributed by atoms with van der Waals surface area (Å²) in [5.74, 6) is -0.664. The second-order valence-electron chi connectivity index (χ2n) is 8.18. The number of carbonyl (C=O) groups is 2. The molecule has 7 nitrogen and oxygen atoms in total. The largest absolute Gasteiger partial charge is 0.507 e. The smallest absolute Gasteiger partial charge is 0.295 e. The number of amides is 1. The summed E-state index contributed by atoms with van der Waals surface area (Å²) in [5, 5.41) is 11.9. The highest BCUT2D eigenvalue weighted by molar-refractivity contribution is 6.46. The molecule has 0 spiro atoms. The lowest BCUT2D eigenvalue weighted by molar-refractivity contribution is -0.139. The molecule has 2 aromatic carbocycles. The molecule has 0 unspecified atom stereocenters. The molecule has 1 N–H and O–H groups in total. The summed E-state index contributed by atoms with van der Waals surface area (Å²) in [4.78, 5) is 29.6. The van der Waals surface area contributed by atoms with Crippen LogP contribution in [0.15, 0.2) is 42.0 Å². The number of fused-ring (bicyclic) bond motifs is 1. The van der Waals surface area contributed by atoms with E-state index in [4.69, 9.17) is 32.7 Å². The first-order valence-electron chi connectivity index (χ1n) is 10.6. The first-order valence-corrected chi connectivity index (χ1v) is 11.3. The number of halogens is 2. The Kier molecular flexibility index (Phi) is 6.83. The molecule has 0 bridgehead atoms. The lowest BCUT2D eigenvalue weighted by Gasteiger charge is -2.26. The van der Waals surface area contributed by atoms with Crippen molar-refractivity contribution in [2.75, 3.05) is 40.4 Å². The van der Waals surface area contributed by atoms with Gasteiger partial charge in [0.2, 0.25) is 0 Å². The third-order valence-corrected chi connectivity index (χ3v) is 6.36. The van der Waals surface area contributed by atoms with Crippen molar-refractivity contribution in [3.05, 3.63) is 63.1 Å². The Morgan fingerprint density at radius 3 is 2.48 bits per heavy atom. The topological polar surface area (TPSA) is 79.3 Å². The summed E-state index contributed by atoms with van der Waals surface area (Å²) < 4.78 is 11.1. The Balaban J connectivity index is 1.80. The van der Waals surface area contributed by atoms with E-state index in [9.17, 15) is 14.7 Å². The van der Waals surface area contributed by atoms with Crippen LogP contribution >= 0.6 is 23.2 Å². The van der Waals surface area contributed by atoms with E-state index < -0.39 is 17.7 Å². The van der Waals surface area contributed by atoms with Crippen molar-refractivity contribution in [2.24, 2.45) is 0 Å². The average Bonchev–Trinajstić information content (AvgIpc) is 3.05. The molecular formula is C24H24Cl2N2O5. The highest BCUT2D eigenvalue weighted by atomic mass is 35.5. The van der Waals surface area contributed by atoms with E-state index >= 15 is 0 Å². The number of Topliss-reactive ketones (excluding diaryl/α,β-unsaturated/α-hetero) is 1. The van der Waals surface area contributed by atoms with Gasteiger partial charge in [-0.25, -0.2) is 0 Å². The lowest BCUT2D eigenvalue weighted by atomic mass is 9.95. The van der Waals surface area contributed by atoms with Crippen molar-refractivity contribution in [2.45, 2.75) is 12.5 Å². The molecule has 174 valence electrons. The number of hydrogen-bond donors (Lipinski definition) is 1. The maximum atomic E-state index is 13.1. The molecule has 1 atom stereocenters. The van der Waals surface area contributed by atoms with Crippen LogP contribution in [0.2, 0.25) is 10.0 Å². The van der Waals surface area contributed by atoms with Crippen molar-refractivity contribution in [3.63, 3.8) is 0 Å². The Morgan fingerprint density at radius 1 is 1.06 bits per heavy atom. The van der Waals surface area contributed by atoms with E-state index in [0.717, 1.165) is 6.54 Å². The van der Waals surface area contributed by atoms with Gasteiger partial charge in [0.1, 0.15) is 19.0 Å². The second kappa shape index (κ2) is 9.63. The second-order valence-corrected chi connectivity index (χ2v) is 9.00. The number of ketones is 1. The molecular weight excluding hydrogens is 467 g/mol. The van der Waals surface area contributed by atoms with Crippen LogP contribution in [-0.2, 0) is 9.59 Å². The zero-order valence-electron chi connectivity index (χ0n) is 18.3. The van der Waals surface area contributed by atoms with Crippen LogP contribution in [0.4, 0.5) is 0 Å². The fourth-order valence-electron chi connectivity index (χ4n) is 4.04. The van der Waals surface area contributed by atoms with Gasteiger partial charge in [-0.05, 0) is 63.0 Å². The van der Waals surface area contributed by atoms with Gasteiger partial charge in [0.25, 0.3) is 11.7 Å². The molecule has 33 heavy (non-hydrogen) atoms. The van der Waals surface area contributed by atoms with Gasteiger partial charge in [0, 0.05) is 12.1 Å². The molecule has 9 heteroatoms. The Labute approximate surface area is 202 Å². The standard InChI is InChI=1S/C24H24Cl2N2O5/c1-27(2)8-3-9-28-21(14-4-6-16(25)17(26)12-14)20(23(30)24(28)31)22(29)15-5-7-18-19(13-15)33-11-10-32-18/h4-7,12-13,21,29H,3,8-11H2,1-2H3/b22-20+/t21-/m1/s1. The highest BCUT2D eigenvalue weighted by Gasteiger charge is 2.46. The average molecular weight is 491 g/mol. The Morgan fingerprint density at radius 2 is 1.79 bits per heavy atom. The number of ether oxygens (including phenoxy) is 2. The zero-order valence-corrected chi connectivity index (χ0v) is 19.8. The van der Waals surface area contributed by atoms with Crippen LogP contribution in [0.1, 0.15) is 23.6 Å². The minimum absolute atomic E-state index is 0.0000741. The normalized spacial score (nSPS) is 19.4. The van der Waals surface area contributed by atoms with E-state index in [-0.39, 0.29) is 11.3 Å². The predicted molar refractivity (Wildman–Crippen MR) is 126 cm³/mol. The molecule has 2 aliphatic heterocycles. The minimum atomic E-state index is -0.796. The summed E-state index contributed by atoms with van der Waals surface area (Å²) in [6.07, 6.45) is 0.655. The third kappa shape index (κ3) is 4.67. The maximum absolute atomic E-state index is 13.1. The summed E-state index contributed by atoms with van der Waals surface area (Å²) in [7, 11) is 3.87. The van der Waals surface area contributed by atoms with Crippen LogP contribution in [0, 0.1) is 0 Å². The van der Waals surface area contributed by atoms with Gasteiger partial charge in [0.05, 0.1) is 21.7 Å². The van der Waals surface area contributed by atoms with Crippen molar-refractivity contribution in [1.82, 2.24) is 9.80 Å². The summed E-state index contributed by atoms with van der Waals surface area (Å²) in [6.45, 7) is 1.90. The number of aliphatic hydroxyl groups excluding tert-OH is 1. The first kappa shape index (κ1) is 23.4. The molecule has 1 fully saturated rings. The monoisotopic (exact) mass is 490 g/mol. The van der Waals surface area contributed by atoms with Crippen molar-refractivity contribution in [1.29, 1.82) is 0 Å². The Hall–Kier alpha value is -2.74. The molecule has 2 aliphatic rings. The molecule has 0 aliphatic carbocycles. The SMILES string of the molecule is CN(C)CCCN1C(=O)C(=O)/C(=C(/O)c2ccc3c(c2)OCCO3)[C@H]1c1ccc(Cl)c(Cl)c1. The van der Waals surface area contributed by atoms with E-state index in [2.05, 4.69) is 0 Å². The number of likely N-dealkylation sites (tertiary alicyclic amines) is 1. The molecule has 0 radical (unpaired) electrons. The molecule has 0 aromatic heterocycles. The van der Waals surface area contributed by atoms with Crippen molar-refractivity contribution in [3.8, 4) is 11.5 Å². The van der Waals surface area contributed by atoms with Gasteiger partial charge in [-0.15, -0.1) is 0 Å². The van der Waals surface area contributed by atoms with Gasteiger partial charge >= 0.3 is 0 Å².